The lowest BCUT2D eigenvalue weighted by atomic mass is 9.83. The predicted molar refractivity (Wildman–Crippen MR) is 87.4 cm³/mol. The van der Waals surface area contributed by atoms with E-state index in [2.05, 4.69) is 38.4 Å². The fourth-order valence-electron chi connectivity index (χ4n) is 4.91. The summed E-state index contributed by atoms with van der Waals surface area (Å²) in [5, 5.41) is 8.12. The molecule has 3 rings (SSSR count). The smallest absolute Gasteiger partial charge is 0.0628 e. The normalized spacial score (nSPS) is 29.2. The van der Waals surface area contributed by atoms with E-state index in [1.807, 2.05) is 4.68 Å². The molecule has 2 aliphatic carbocycles. The largest absolute Gasteiger partial charge is 0.317 e. The minimum atomic E-state index is 0.674. The number of nitrogens with one attached hydrogen (secondary N) is 1. The maximum Gasteiger partial charge on any atom is 0.0628 e. The molecule has 0 radical (unpaired) electrons. The van der Waals surface area contributed by atoms with Crippen LogP contribution in [0.3, 0.4) is 0 Å². The van der Waals surface area contributed by atoms with Crippen LogP contribution in [0.25, 0.3) is 0 Å². The Balaban J connectivity index is 1.55. The van der Waals surface area contributed by atoms with Gasteiger partial charge in [0.05, 0.1) is 5.69 Å². The van der Waals surface area contributed by atoms with Crippen molar-refractivity contribution in [1.29, 1.82) is 0 Å². The van der Waals surface area contributed by atoms with Crippen LogP contribution in [-0.4, -0.2) is 22.9 Å². The Morgan fingerprint density at radius 3 is 2.62 bits per heavy atom. The molecule has 4 unspecified atom stereocenters. The molecule has 0 spiro atoms. The van der Waals surface area contributed by atoms with Gasteiger partial charge in [0.15, 0.2) is 0 Å². The van der Waals surface area contributed by atoms with E-state index in [1.54, 1.807) is 0 Å². The zero-order chi connectivity index (χ0) is 15.0. The SMILES string of the molecule is CNC(CCc1c(C)nn(C)c1C)CC1CC2CCC1C2. The average molecular weight is 289 g/mol. The highest BCUT2D eigenvalue weighted by Crippen LogP contribution is 2.50. The number of aryl methyl sites for hydroxylation is 2. The van der Waals surface area contributed by atoms with E-state index in [-0.39, 0.29) is 0 Å². The van der Waals surface area contributed by atoms with Gasteiger partial charge >= 0.3 is 0 Å². The summed E-state index contributed by atoms with van der Waals surface area (Å²) in [5.74, 6) is 3.12. The third-order valence-corrected chi connectivity index (χ3v) is 6.28. The van der Waals surface area contributed by atoms with Crippen molar-refractivity contribution in [1.82, 2.24) is 15.1 Å². The highest BCUT2D eigenvalue weighted by Gasteiger charge is 2.39. The first-order chi connectivity index (χ1) is 10.1. The molecule has 1 heterocycles. The molecule has 1 N–H and O–H groups in total. The molecule has 3 nitrogen and oxygen atoms in total. The van der Waals surface area contributed by atoms with Gasteiger partial charge in [-0.25, -0.2) is 0 Å². The van der Waals surface area contributed by atoms with Crippen molar-refractivity contribution < 1.29 is 0 Å². The van der Waals surface area contributed by atoms with Crippen LogP contribution in [0.5, 0.6) is 0 Å². The lowest BCUT2D eigenvalue weighted by Gasteiger charge is -2.26. The molecule has 0 saturated heterocycles. The van der Waals surface area contributed by atoms with E-state index in [9.17, 15) is 0 Å². The Labute approximate surface area is 129 Å². The Bertz CT molecular complexity index is 491. The molecule has 21 heavy (non-hydrogen) atoms. The molecule has 0 aromatic carbocycles. The van der Waals surface area contributed by atoms with Gasteiger partial charge in [-0.05, 0) is 82.7 Å². The molecule has 2 saturated carbocycles. The number of aromatic nitrogens is 2. The first kappa shape index (κ1) is 15.1. The lowest BCUT2D eigenvalue weighted by Crippen LogP contribution is -2.30. The van der Waals surface area contributed by atoms with Gasteiger partial charge in [0.25, 0.3) is 0 Å². The zero-order valence-corrected chi connectivity index (χ0v) is 14.2. The molecule has 3 heteroatoms. The highest BCUT2D eigenvalue weighted by molar-refractivity contribution is 5.24. The quantitative estimate of drug-likeness (QED) is 0.870. The van der Waals surface area contributed by atoms with E-state index < -0.39 is 0 Å². The van der Waals surface area contributed by atoms with Gasteiger partial charge < -0.3 is 5.32 Å². The van der Waals surface area contributed by atoms with Crippen LogP contribution in [0.15, 0.2) is 0 Å². The van der Waals surface area contributed by atoms with Crippen LogP contribution in [0.4, 0.5) is 0 Å². The Morgan fingerprint density at radius 1 is 1.29 bits per heavy atom. The summed E-state index contributed by atoms with van der Waals surface area (Å²) < 4.78 is 2.02. The molecule has 1 aromatic heterocycles. The standard InChI is InChI=1S/C18H31N3/c1-12-18(13(2)21(4)20-12)8-7-17(19-3)11-16-10-14-5-6-15(16)9-14/h14-17,19H,5-11H2,1-4H3. The van der Waals surface area contributed by atoms with Crippen molar-refractivity contribution in [3.05, 3.63) is 17.0 Å². The summed E-state index contributed by atoms with van der Waals surface area (Å²) >= 11 is 0. The highest BCUT2D eigenvalue weighted by atomic mass is 15.3. The molecule has 0 amide bonds. The third-order valence-electron chi connectivity index (χ3n) is 6.28. The first-order valence-corrected chi connectivity index (χ1v) is 8.74. The average Bonchev–Trinajstić information content (AvgIpc) is 3.13. The van der Waals surface area contributed by atoms with E-state index in [0.29, 0.717) is 6.04 Å². The van der Waals surface area contributed by atoms with E-state index in [4.69, 9.17) is 0 Å². The van der Waals surface area contributed by atoms with Crippen molar-refractivity contribution in [2.75, 3.05) is 7.05 Å². The summed E-state index contributed by atoms with van der Waals surface area (Å²) in [6, 6.07) is 0.674. The zero-order valence-electron chi connectivity index (χ0n) is 14.2. The Hall–Kier alpha value is -0.830. The van der Waals surface area contributed by atoms with Gasteiger partial charge in [0.2, 0.25) is 0 Å². The van der Waals surface area contributed by atoms with E-state index in [1.165, 1.54) is 55.5 Å². The predicted octanol–water partition coefficient (Wildman–Crippen LogP) is 3.38. The van der Waals surface area contributed by atoms with E-state index in [0.717, 1.165) is 24.2 Å². The van der Waals surface area contributed by atoms with Crippen molar-refractivity contribution >= 4 is 0 Å². The summed E-state index contributed by atoms with van der Waals surface area (Å²) in [5.41, 5.74) is 4.01. The van der Waals surface area contributed by atoms with Crippen LogP contribution in [0.2, 0.25) is 0 Å². The molecule has 4 atom stereocenters. The molecule has 2 aliphatic rings. The molecule has 2 bridgehead atoms. The van der Waals surface area contributed by atoms with Crippen molar-refractivity contribution in [3.8, 4) is 0 Å². The van der Waals surface area contributed by atoms with Gasteiger partial charge in [-0.1, -0.05) is 6.42 Å². The molecular weight excluding hydrogens is 258 g/mol. The van der Waals surface area contributed by atoms with Crippen LogP contribution in [0.1, 0.15) is 55.5 Å². The van der Waals surface area contributed by atoms with Gasteiger partial charge in [0.1, 0.15) is 0 Å². The molecule has 0 aliphatic heterocycles. The fourth-order valence-corrected chi connectivity index (χ4v) is 4.91. The van der Waals surface area contributed by atoms with Gasteiger partial charge in [-0.2, -0.15) is 5.10 Å². The second-order valence-corrected chi connectivity index (χ2v) is 7.47. The van der Waals surface area contributed by atoms with Crippen LogP contribution in [-0.2, 0) is 13.5 Å². The maximum absolute atomic E-state index is 4.55. The number of nitrogens with zero attached hydrogens (tertiary/aromatic N) is 2. The minimum Gasteiger partial charge on any atom is -0.317 e. The third kappa shape index (κ3) is 3.03. The summed E-state index contributed by atoms with van der Waals surface area (Å²) in [7, 11) is 4.19. The second-order valence-electron chi connectivity index (χ2n) is 7.47. The van der Waals surface area contributed by atoms with Crippen LogP contribution < -0.4 is 5.32 Å². The molecule has 2 fully saturated rings. The van der Waals surface area contributed by atoms with Gasteiger partial charge in [0, 0.05) is 18.8 Å². The number of fused-ring (bicyclic) bond motifs is 2. The fraction of sp³-hybridized carbons (Fsp3) is 0.833. The van der Waals surface area contributed by atoms with Crippen LogP contribution in [0, 0.1) is 31.6 Å². The van der Waals surface area contributed by atoms with Crippen molar-refractivity contribution in [2.45, 2.75) is 64.8 Å². The van der Waals surface area contributed by atoms with E-state index >= 15 is 0 Å². The molecule has 118 valence electrons. The number of rotatable bonds is 6. The molecule has 1 aromatic rings. The lowest BCUT2D eigenvalue weighted by molar-refractivity contribution is 0.277. The number of hydrogen-bond donors (Lipinski definition) is 1. The molecular formula is C18H31N3. The summed E-state index contributed by atoms with van der Waals surface area (Å²) in [6.45, 7) is 4.34. The summed E-state index contributed by atoms with van der Waals surface area (Å²) in [6.07, 6.45) is 9.85. The van der Waals surface area contributed by atoms with Gasteiger partial charge in [-0.15, -0.1) is 0 Å². The number of hydrogen-bond acceptors (Lipinski definition) is 2. The van der Waals surface area contributed by atoms with Crippen molar-refractivity contribution in [3.63, 3.8) is 0 Å². The minimum absolute atomic E-state index is 0.674. The monoisotopic (exact) mass is 289 g/mol. The topological polar surface area (TPSA) is 29.9 Å². The second kappa shape index (κ2) is 6.12. The maximum atomic E-state index is 4.55. The first-order valence-electron chi connectivity index (χ1n) is 8.74. The van der Waals surface area contributed by atoms with Crippen LogP contribution >= 0.6 is 0 Å². The Kier molecular flexibility index (Phi) is 4.39. The van der Waals surface area contributed by atoms with Gasteiger partial charge in [-0.3, -0.25) is 4.68 Å². The van der Waals surface area contributed by atoms with Crippen molar-refractivity contribution in [2.24, 2.45) is 24.8 Å². The Morgan fingerprint density at radius 2 is 2.10 bits per heavy atom. The summed E-state index contributed by atoms with van der Waals surface area (Å²) in [4.78, 5) is 0.